The molecule has 9 atom stereocenters. The van der Waals surface area contributed by atoms with Crippen LogP contribution in [0.5, 0.6) is 0 Å². The topological polar surface area (TPSA) is 160 Å². The van der Waals surface area contributed by atoms with Crippen LogP contribution in [0.25, 0.3) is 11.2 Å². The van der Waals surface area contributed by atoms with Gasteiger partial charge in [-0.15, -0.1) is 31.4 Å². The number of ether oxygens (including phenoxy) is 1. The average molecular weight is 792 g/mol. The number of carbonyl (C=O) groups excluding carboxylic acids is 3. The van der Waals surface area contributed by atoms with Crippen LogP contribution in [0, 0.1) is 39.9 Å². The van der Waals surface area contributed by atoms with E-state index >= 15 is 0 Å². The molecule has 15 heteroatoms. The van der Waals surface area contributed by atoms with Crippen LogP contribution in [0.15, 0.2) is 25.3 Å². The van der Waals surface area contributed by atoms with Gasteiger partial charge in [0.2, 0.25) is 5.91 Å². The Labute approximate surface area is 331 Å². The largest absolute Gasteiger partial charge is 0.461 e. The van der Waals surface area contributed by atoms with Crippen LogP contribution in [-0.2, 0) is 25.7 Å². The van der Waals surface area contributed by atoms with Crippen LogP contribution in [-0.4, -0.2) is 117 Å². The number of esters is 1. The number of amides is 1. The molecule has 0 spiro atoms. The van der Waals surface area contributed by atoms with Crippen molar-refractivity contribution in [3.63, 3.8) is 0 Å². The van der Waals surface area contributed by atoms with Crippen molar-refractivity contribution >= 4 is 59.5 Å². The molecule has 7 rings (SSSR count). The molecule has 2 saturated heterocycles. The molecule has 5 aliphatic rings. The number of Topliss-reactive ketones (excluding diaryl/α,β-unsaturated/α-hetero) is 1. The van der Waals surface area contributed by atoms with Crippen LogP contribution in [0.2, 0.25) is 0 Å². The Morgan fingerprint density at radius 3 is 2.50 bits per heavy atom. The number of halogens is 2. The molecule has 0 radical (unpaired) electrons. The third-order valence-electron chi connectivity index (χ3n) is 14.5. The molecule has 1 unspecified atom stereocenters. The lowest BCUT2D eigenvalue weighted by molar-refractivity contribution is -0.207. The monoisotopic (exact) mass is 790 g/mol. The van der Waals surface area contributed by atoms with E-state index in [1.54, 1.807) is 12.7 Å². The third-order valence-corrected chi connectivity index (χ3v) is 14.5. The molecule has 3 aliphatic carbocycles. The van der Waals surface area contributed by atoms with Crippen molar-refractivity contribution in [2.75, 3.05) is 57.3 Å². The Kier molecular flexibility index (Phi) is 12.8. The zero-order valence-electron chi connectivity index (χ0n) is 32.3. The number of piperazine rings is 1. The summed E-state index contributed by atoms with van der Waals surface area (Å²) in [7, 11) is 0. The maximum atomic E-state index is 13.8. The number of aromatic nitrogens is 4. The van der Waals surface area contributed by atoms with Crippen LogP contribution in [0.4, 0.5) is 5.82 Å². The van der Waals surface area contributed by atoms with E-state index in [4.69, 9.17) is 10.5 Å². The summed E-state index contributed by atoms with van der Waals surface area (Å²) in [5.41, 5.74) is 5.85. The number of nitrogens with two attached hydrogens (primary N) is 1. The first kappa shape index (κ1) is 42.3. The minimum Gasteiger partial charge on any atom is -0.461 e. The number of imidazole rings is 1. The lowest BCUT2D eigenvalue weighted by atomic mass is 9.44. The Morgan fingerprint density at radius 1 is 1.07 bits per heavy atom. The van der Waals surface area contributed by atoms with Gasteiger partial charge in [-0.25, -0.2) is 15.0 Å². The minimum atomic E-state index is -0.694. The highest BCUT2D eigenvalue weighted by atomic mass is 35.5. The van der Waals surface area contributed by atoms with Gasteiger partial charge in [0, 0.05) is 75.4 Å². The van der Waals surface area contributed by atoms with Gasteiger partial charge in [0.05, 0.1) is 19.0 Å². The zero-order valence-corrected chi connectivity index (χ0v) is 34.0. The van der Waals surface area contributed by atoms with Crippen molar-refractivity contribution in [3.05, 3.63) is 25.3 Å². The third kappa shape index (κ3) is 7.16. The molecule has 3 N–H and O–H groups in total. The van der Waals surface area contributed by atoms with Gasteiger partial charge < -0.3 is 29.9 Å². The highest BCUT2D eigenvalue weighted by Gasteiger charge is 2.68. The number of aliphatic hydroxyl groups excluding tert-OH is 1. The van der Waals surface area contributed by atoms with Crippen LogP contribution >= 0.6 is 24.8 Å². The van der Waals surface area contributed by atoms with Crippen molar-refractivity contribution in [1.82, 2.24) is 29.3 Å². The maximum Gasteiger partial charge on any atom is 0.320 e. The fraction of sp³-hybridized carbons (Fsp3) is 0.744. The Hall–Kier alpha value is -2.84. The number of ketones is 1. The zero-order chi connectivity index (χ0) is 37.0. The van der Waals surface area contributed by atoms with Crippen molar-refractivity contribution in [2.24, 2.45) is 45.7 Å². The Morgan fingerprint density at radius 2 is 1.81 bits per heavy atom. The number of nitrogens with zero attached hydrogens (tertiary/aromatic N) is 7. The van der Waals surface area contributed by atoms with E-state index in [2.05, 4.69) is 47.2 Å². The van der Waals surface area contributed by atoms with Gasteiger partial charge in [0.1, 0.15) is 18.2 Å². The Bertz CT molecular complexity index is 1700. The number of aliphatic hydroxyl groups is 1. The Balaban J connectivity index is 0.00000280. The van der Waals surface area contributed by atoms with Crippen LogP contribution in [0.1, 0.15) is 72.6 Å². The first-order valence-corrected chi connectivity index (χ1v) is 19.5. The fourth-order valence-corrected chi connectivity index (χ4v) is 10.9. The van der Waals surface area contributed by atoms with Gasteiger partial charge in [0.15, 0.2) is 17.0 Å². The van der Waals surface area contributed by atoms with E-state index < -0.39 is 23.0 Å². The van der Waals surface area contributed by atoms with E-state index in [1.165, 1.54) is 0 Å². The van der Waals surface area contributed by atoms with E-state index in [0.29, 0.717) is 64.4 Å². The molecular formula is C39H60Cl2N8O5. The molecule has 13 nitrogen and oxygen atoms in total. The van der Waals surface area contributed by atoms with Gasteiger partial charge in [-0.3, -0.25) is 19.3 Å². The van der Waals surface area contributed by atoms with Gasteiger partial charge >= 0.3 is 5.97 Å². The molecule has 2 aliphatic heterocycles. The second-order valence-electron chi connectivity index (χ2n) is 17.1. The summed E-state index contributed by atoms with van der Waals surface area (Å²) in [4.78, 5) is 60.5. The first-order valence-electron chi connectivity index (χ1n) is 19.5. The van der Waals surface area contributed by atoms with E-state index in [9.17, 15) is 19.5 Å². The number of carbonyl (C=O) groups is 3. The smallest absolute Gasteiger partial charge is 0.320 e. The number of hydrogen-bond donors (Lipinski definition) is 2. The summed E-state index contributed by atoms with van der Waals surface area (Å²) in [6.45, 7) is 17.8. The summed E-state index contributed by atoms with van der Waals surface area (Å²) in [5, 5.41) is 11.8. The maximum absolute atomic E-state index is 13.8. The lowest BCUT2D eigenvalue weighted by Gasteiger charge is -2.61. The number of hydrogen-bond acceptors (Lipinski definition) is 11. The SMILES string of the molecule is C=C[C@]1(C)C[C@@H](OC(=O)CN2CCN(C(=O)CCn3cnc4c(N5CCC(CN)C5)ncnc43)CC2)[C@]2(C)[C@H](C)CC[C@]3(CCC(=O)[C@@H]32)[C@@H](C)[C@@H]1O.Cl.Cl. The van der Waals surface area contributed by atoms with E-state index in [1.807, 2.05) is 27.4 Å². The number of anilines is 1. The summed E-state index contributed by atoms with van der Waals surface area (Å²) >= 11 is 0. The second-order valence-corrected chi connectivity index (χ2v) is 17.1. The molecule has 3 saturated carbocycles. The minimum absolute atomic E-state index is 0. The molecular weight excluding hydrogens is 731 g/mol. The first-order chi connectivity index (χ1) is 24.8. The van der Waals surface area contributed by atoms with E-state index in [-0.39, 0.29) is 72.2 Å². The van der Waals surface area contributed by atoms with Crippen molar-refractivity contribution in [3.8, 4) is 0 Å². The highest BCUT2D eigenvalue weighted by Crippen LogP contribution is 2.68. The molecule has 2 aromatic rings. The molecule has 5 fully saturated rings. The van der Waals surface area contributed by atoms with Crippen LogP contribution in [0.3, 0.4) is 0 Å². The van der Waals surface area contributed by atoms with Crippen LogP contribution < -0.4 is 10.6 Å². The molecule has 0 aromatic carbocycles. The second kappa shape index (κ2) is 16.3. The molecule has 1 amide bonds. The molecule has 54 heavy (non-hydrogen) atoms. The lowest BCUT2D eigenvalue weighted by Crippen LogP contribution is -2.63. The molecule has 2 aromatic heterocycles. The fourth-order valence-electron chi connectivity index (χ4n) is 10.9. The van der Waals surface area contributed by atoms with Gasteiger partial charge in [-0.2, -0.15) is 0 Å². The van der Waals surface area contributed by atoms with Gasteiger partial charge in [-0.1, -0.05) is 33.8 Å². The number of aryl methyl sites for hydroxylation is 1. The molecule has 4 heterocycles. The quantitative estimate of drug-likeness (QED) is 0.280. The summed E-state index contributed by atoms with van der Waals surface area (Å²) in [5.74, 6) is 1.11. The number of fused-ring (bicyclic) bond motifs is 1. The summed E-state index contributed by atoms with van der Waals surface area (Å²) in [6, 6.07) is 0. The van der Waals surface area contributed by atoms with Crippen molar-refractivity contribution in [2.45, 2.75) is 91.4 Å². The predicted molar refractivity (Wildman–Crippen MR) is 211 cm³/mol. The van der Waals surface area contributed by atoms with Gasteiger partial charge in [-0.05, 0) is 61.8 Å². The van der Waals surface area contributed by atoms with E-state index in [0.717, 1.165) is 55.8 Å². The summed E-state index contributed by atoms with van der Waals surface area (Å²) in [6.07, 6.45) is 8.80. The molecule has 2 bridgehead atoms. The molecule has 300 valence electrons. The number of rotatable bonds is 9. The summed E-state index contributed by atoms with van der Waals surface area (Å²) < 4.78 is 8.39. The predicted octanol–water partition coefficient (Wildman–Crippen LogP) is 3.90. The average Bonchev–Trinajstić information content (AvgIpc) is 3.89. The normalized spacial score (nSPS) is 35.4. The van der Waals surface area contributed by atoms with Crippen molar-refractivity contribution < 1.29 is 24.2 Å². The van der Waals surface area contributed by atoms with Crippen molar-refractivity contribution in [1.29, 1.82) is 0 Å². The standard InChI is InChI=1S/C39H58N8O5.2ClH/c1-6-37(4)19-29(38(5)25(2)7-11-39(26(3)34(37)51)12-8-28(48)33(38)39)52-31(50)22-44-15-17-45(18-16-44)30(49)10-14-47-24-43-32-35(41-23-42-36(32)47)46-13-9-27(20-40)21-46;;/h6,23-27,29,33-34,51H,1,7-22,40H2,2-5H3;2*1H/t25-,26+,27?,29-,33-,34+,37-,38+,39+;;/m1../s1. The highest BCUT2D eigenvalue weighted by molar-refractivity contribution is 5.86. The van der Waals surface area contributed by atoms with Gasteiger partial charge in [0.25, 0.3) is 0 Å².